The van der Waals surface area contributed by atoms with Crippen LogP contribution < -0.4 is 10.1 Å². The lowest BCUT2D eigenvalue weighted by molar-refractivity contribution is 0.0928. The number of nitrogens with zero attached hydrogens (tertiary/aromatic N) is 4. The van der Waals surface area contributed by atoms with Crippen LogP contribution in [0.5, 0.6) is 5.75 Å². The van der Waals surface area contributed by atoms with E-state index >= 15 is 0 Å². The average molecular weight is 413 g/mol. The molecule has 7 nitrogen and oxygen atoms in total. The van der Waals surface area contributed by atoms with Crippen molar-refractivity contribution in [3.05, 3.63) is 76.9 Å². The average Bonchev–Trinajstić information content (AvgIpc) is 3.36. The van der Waals surface area contributed by atoms with Crippen molar-refractivity contribution >= 4 is 11.6 Å². The van der Waals surface area contributed by atoms with Gasteiger partial charge in [-0.2, -0.15) is 5.10 Å². The standard InChI is InChI=1S/C24H23N5O2/c1-14-4-6-20(25-12-14)17-5-7-22-18(9-17)10-19(31-22)13-26-24(30)21-11-23-27-15(2)8-16(3)29(23)28-21/h4-9,11-12,19H,10,13H2,1-3H3,(H,26,30). The molecule has 4 aromatic rings. The van der Waals surface area contributed by atoms with Crippen molar-refractivity contribution in [2.75, 3.05) is 6.54 Å². The number of fused-ring (bicyclic) bond motifs is 2. The van der Waals surface area contributed by atoms with Crippen molar-refractivity contribution < 1.29 is 9.53 Å². The van der Waals surface area contributed by atoms with Crippen molar-refractivity contribution in [1.29, 1.82) is 0 Å². The van der Waals surface area contributed by atoms with Crippen LogP contribution in [0.4, 0.5) is 0 Å². The number of carbonyl (C=O) groups is 1. The van der Waals surface area contributed by atoms with Crippen LogP contribution in [0.1, 0.15) is 33.0 Å². The van der Waals surface area contributed by atoms with Gasteiger partial charge in [0.25, 0.3) is 5.91 Å². The number of ether oxygens (including phenoxy) is 1. The predicted molar refractivity (Wildman–Crippen MR) is 117 cm³/mol. The summed E-state index contributed by atoms with van der Waals surface area (Å²) in [7, 11) is 0. The van der Waals surface area contributed by atoms with Crippen LogP contribution in [0.25, 0.3) is 16.9 Å². The highest BCUT2D eigenvalue weighted by Crippen LogP contribution is 2.32. The first-order chi connectivity index (χ1) is 15.0. The highest BCUT2D eigenvalue weighted by atomic mass is 16.5. The van der Waals surface area contributed by atoms with Gasteiger partial charge in [-0.25, -0.2) is 9.50 Å². The minimum atomic E-state index is -0.230. The zero-order valence-corrected chi connectivity index (χ0v) is 17.7. The normalized spacial score (nSPS) is 15.0. The van der Waals surface area contributed by atoms with Crippen LogP contribution in [-0.2, 0) is 6.42 Å². The SMILES string of the molecule is Cc1ccc(-c2ccc3c(c2)CC(CNC(=O)c2cc4nc(C)cc(C)n4n2)O3)nc1. The molecule has 0 fully saturated rings. The number of benzene rings is 1. The number of aromatic nitrogens is 4. The molecule has 0 bridgehead atoms. The molecule has 4 heterocycles. The van der Waals surface area contributed by atoms with Crippen molar-refractivity contribution in [3.8, 4) is 17.0 Å². The Hall–Kier alpha value is -3.74. The molecule has 1 N–H and O–H groups in total. The van der Waals surface area contributed by atoms with Crippen LogP contribution in [0, 0.1) is 20.8 Å². The van der Waals surface area contributed by atoms with Gasteiger partial charge in [-0.05, 0) is 62.2 Å². The maximum atomic E-state index is 12.6. The molecule has 1 amide bonds. The van der Waals surface area contributed by atoms with Crippen molar-refractivity contribution in [2.24, 2.45) is 0 Å². The summed E-state index contributed by atoms with van der Waals surface area (Å²) in [5.41, 5.74) is 7.13. The molecule has 156 valence electrons. The Morgan fingerprint density at radius 3 is 2.84 bits per heavy atom. The Morgan fingerprint density at radius 2 is 2.03 bits per heavy atom. The highest BCUT2D eigenvalue weighted by Gasteiger charge is 2.24. The molecular formula is C24H23N5O2. The molecule has 0 radical (unpaired) electrons. The smallest absolute Gasteiger partial charge is 0.272 e. The molecule has 1 aliphatic rings. The van der Waals surface area contributed by atoms with Gasteiger partial charge in [0, 0.05) is 35.6 Å². The second-order valence-corrected chi connectivity index (χ2v) is 8.04. The van der Waals surface area contributed by atoms with E-state index in [2.05, 4.69) is 32.5 Å². The molecule has 0 saturated heterocycles. The number of nitrogens with one attached hydrogen (secondary N) is 1. The summed E-state index contributed by atoms with van der Waals surface area (Å²) in [6, 6.07) is 13.8. The largest absolute Gasteiger partial charge is 0.488 e. The Morgan fingerprint density at radius 1 is 1.16 bits per heavy atom. The van der Waals surface area contributed by atoms with Gasteiger partial charge < -0.3 is 10.1 Å². The number of pyridine rings is 1. The van der Waals surface area contributed by atoms with E-state index in [4.69, 9.17) is 4.74 Å². The fraction of sp³-hybridized carbons (Fsp3) is 0.250. The molecule has 0 spiro atoms. The second-order valence-electron chi connectivity index (χ2n) is 8.04. The van der Waals surface area contributed by atoms with Crippen LogP contribution in [-0.4, -0.2) is 38.1 Å². The number of hydrogen-bond donors (Lipinski definition) is 1. The number of rotatable bonds is 4. The Kier molecular flexibility index (Phi) is 4.66. The predicted octanol–water partition coefficient (Wildman–Crippen LogP) is 3.45. The third-order valence-corrected chi connectivity index (χ3v) is 5.47. The summed E-state index contributed by atoms with van der Waals surface area (Å²) in [6.45, 7) is 6.30. The van der Waals surface area contributed by atoms with Crippen LogP contribution in [0.15, 0.2) is 48.7 Å². The summed E-state index contributed by atoms with van der Waals surface area (Å²) in [5.74, 6) is 0.629. The maximum Gasteiger partial charge on any atom is 0.272 e. The van der Waals surface area contributed by atoms with E-state index in [1.807, 2.05) is 51.2 Å². The molecule has 31 heavy (non-hydrogen) atoms. The van der Waals surface area contributed by atoms with Gasteiger partial charge >= 0.3 is 0 Å². The third-order valence-electron chi connectivity index (χ3n) is 5.47. The monoisotopic (exact) mass is 413 g/mol. The number of hydrogen-bond acceptors (Lipinski definition) is 5. The molecule has 0 aliphatic carbocycles. The van der Waals surface area contributed by atoms with Crippen LogP contribution in [0.3, 0.4) is 0 Å². The van der Waals surface area contributed by atoms with Gasteiger partial charge in [0.15, 0.2) is 11.3 Å². The Bertz CT molecular complexity index is 1290. The first kappa shape index (κ1) is 19.2. The molecule has 1 aromatic carbocycles. The molecule has 7 heteroatoms. The van der Waals surface area contributed by atoms with Gasteiger partial charge in [-0.3, -0.25) is 9.78 Å². The molecular weight excluding hydrogens is 390 g/mol. The molecule has 1 aliphatic heterocycles. The molecule has 1 unspecified atom stereocenters. The van der Waals surface area contributed by atoms with Crippen molar-refractivity contribution in [3.63, 3.8) is 0 Å². The van der Waals surface area contributed by atoms with E-state index in [1.165, 1.54) is 0 Å². The van der Waals surface area contributed by atoms with Gasteiger partial charge in [0.2, 0.25) is 0 Å². The molecule has 1 atom stereocenters. The minimum Gasteiger partial charge on any atom is -0.488 e. The first-order valence-electron chi connectivity index (χ1n) is 10.3. The van der Waals surface area contributed by atoms with Crippen molar-refractivity contribution in [2.45, 2.75) is 33.3 Å². The summed E-state index contributed by atoms with van der Waals surface area (Å²) < 4.78 is 7.71. The number of amides is 1. The summed E-state index contributed by atoms with van der Waals surface area (Å²) in [6.07, 6.45) is 2.49. The quantitative estimate of drug-likeness (QED) is 0.554. The van der Waals surface area contributed by atoms with Crippen molar-refractivity contribution in [1.82, 2.24) is 24.9 Å². The second kappa shape index (κ2) is 7.50. The van der Waals surface area contributed by atoms with E-state index in [0.717, 1.165) is 45.9 Å². The number of carbonyl (C=O) groups excluding carboxylic acids is 1. The summed E-state index contributed by atoms with van der Waals surface area (Å²) >= 11 is 0. The lowest BCUT2D eigenvalue weighted by atomic mass is 10.0. The van der Waals surface area contributed by atoms with E-state index in [9.17, 15) is 4.79 Å². The molecule has 0 saturated carbocycles. The summed E-state index contributed by atoms with van der Waals surface area (Å²) in [4.78, 5) is 21.6. The van der Waals surface area contributed by atoms with E-state index in [0.29, 0.717) is 17.9 Å². The number of aryl methyl sites for hydroxylation is 3. The minimum absolute atomic E-state index is 0.112. The maximum absolute atomic E-state index is 12.6. The Labute approximate surface area is 180 Å². The topological polar surface area (TPSA) is 81.4 Å². The third kappa shape index (κ3) is 3.74. The Balaban J connectivity index is 1.25. The zero-order valence-electron chi connectivity index (χ0n) is 17.7. The molecule has 3 aromatic heterocycles. The van der Waals surface area contributed by atoms with E-state index < -0.39 is 0 Å². The van der Waals surface area contributed by atoms with E-state index in [1.54, 1.807) is 10.6 Å². The molecule has 5 rings (SSSR count). The summed E-state index contributed by atoms with van der Waals surface area (Å²) in [5, 5.41) is 7.33. The van der Waals surface area contributed by atoms with Gasteiger partial charge in [0.05, 0.1) is 12.2 Å². The first-order valence-corrected chi connectivity index (χ1v) is 10.3. The van der Waals surface area contributed by atoms with Gasteiger partial charge in [-0.1, -0.05) is 6.07 Å². The van der Waals surface area contributed by atoms with Crippen LogP contribution >= 0.6 is 0 Å². The van der Waals surface area contributed by atoms with E-state index in [-0.39, 0.29) is 12.0 Å². The van der Waals surface area contributed by atoms with Gasteiger partial charge in [0.1, 0.15) is 11.9 Å². The fourth-order valence-electron chi connectivity index (χ4n) is 3.93. The zero-order chi connectivity index (χ0) is 21.5. The lowest BCUT2D eigenvalue weighted by Crippen LogP contribution is -2.34. The lowest BCUT2D eigenvalue weighted by Gasteiger charge is -2.11. The van der Waals surface area contributed by atoms with Crippen LogP contribution in [0.2, 0.25) is 0 Å². The highest BCUT2D eigenvalue weighted by molar-refractivity contribution is 5.93. The van der Waals surface area contributed by atoms with Gasteiger partial charge in [-0.15, -0.1) is 0 Å². The fourth-order valence-corrected chi connectivity index (χ4v) is 3.93.